The van der Waals surface area contributed by atoms with Crippen molar-refractivity contribution in [2.45, 2.75) is 18.9 Å². The number of urea groups is 1. The van der Waals surface area contributed by atoms with Gasteiger partial charge in [-0.2, -0.15) is 0 Å². The predicted molar refractivity (Wildman–Crippen MR) is 104 cm³/mol. The number of hydrogen-bond acceptors (Lipinski definition) is 2. The highest BCUT2D eigenvalue weighted by Gasteiger charge is 2.42. The first kappa shape index (κ1) is 17.2. The minimum atomic E-state index is -0.158. The van der Waals surface area contributed by atoms with Gasteiger partial charge in [-0.25, -0.2) is 4.79 Å². The zero-order valence-corrected chi connectivity index (χ0v) is 14.9. The average Bonchev–Trinajstić information content (AvgIpc) is 3.09. The summed E-state index contributed by atoms with van der Waals surface area (Å²) >= 11 is 0. The van der Waals surface area contributed by atoms with Crippen LogP contribution in [0.2, 0.25) is 0 Å². The fourth-order valence-electron chi connectivity index (χ4n) is 3.74. The molecule has 2 aromatic carbocycles. The second-order valence-electron chi connectivity index (χ2n) is 6.88. The standard InChI is InChI=1S/C22H21N3O2/c26-21-19-10-5-13-25(20(19)15-23-21)22(27)24-18-9-4-8-17(14-18)12-11-16-6-2-1-3-7-16/h1-4,6-9,14,19-20H,5,10,13,15H2,(H,23,26)(H,24,27)/t19-,20+/m0/s1. The number of piperidine rings is 1. The van der Waals surface area contributed by atoms with Crippen molar-refractivity contribution in [3.63, 3.8) is 0 Å². The van der Waals surface area contributed by atoms with Gasteiger partial charge < -0.3 is 15.5 Å². The summed E-state index contributed by atoms with van der Waals surface area (Å²) in [6.07, 6.45) is 1.70. The van der Waals surface area contributed by atoms with Crippen molar-refractivity contribution in [3.05, 3.63) is 65.7 Å². The largest absolute Gasteiger partial charge is 0.354 e. The van der Waals surface area contributed by atoms with E-state index in [0.29, 0.717) is 18.8 Å². The molecule has 2 saturated heterocycles. The maximum atomic E-state index is 12.7. The minimum absolute atomic E-state index is 0.0488. The Kier molecular flexibility index (Phi) is 4.80. The van der Waals surface area contributed by atoms with Crippen LogP contribution in [-0.4, -0.2) is 36.0 Å². The van der Waals surface area contributed by atoms with Crippen LogP contribution in [0.1, 0.15) is 24.0 Å². The van der Waals surface area contributed by atoms with E-state index in [2.05, 4.69) is 22.5 Å². The molecular weight excluding hydrogens is 338 g/mol. The van der Waals surface area contributed by atoms with E-state index < -0.39 is 0 Å². The normalized spacial score (nSPS) is 20.9. The molecule has 136 valence electrons. The van der Waals surface area contributed by atoms with E-state index in [0.717, 1.165) is 24.0 Å². The lowest BCUT2D eigenvalue weighted by Crippen LogP contribution is -2.50. The molecule has 5 heteroatoms. The van der Waals surface area contributed by atoms with Gasteiger partial charge in [-0.05, 0) is 43.2 Å². The van der Waals surface area contributed by atoms with Crippen LogP contribution < -0.4 is 10.6 Å². The van der Waals surface area contributed by atoms with E-state index >= 15 is 0 Å². The number of hydrogen-bond donors (Lipinski definition) is 2. The maximum absolute atomic E-state index is 12.7. The van der Waals surface area contributed by atoms with Crippen LogP contribution in [0.25, 0.3) is 0 Å². The first-order valence-corrected chi connectivity index (χ1v) is 9.23. The lowest BCUT2D eigenvalue weighted by atomic mass is 9.92. The van der Waals surface area contributed by atoms with E-state index in [1.165, 1.54) is 0 Å². The van der Waals surface area contributed by atoms with Crippen molar-refractivity contribution in [3.8, 4) is 11.8 Å². The van der Waals surface area contributed by atoms with Crippen molar-refractivity contribution in [2.24, 2.45) is 5.92 Å². The number of nitrogens with one attached hydrogen (secondary N) is 2. The molecule has 0 saturated carbocycles. The van der Waals surface area contributed by atoms with E-state index in [4.69, 9.17) is 0 Å². The minimum Gasteiger partial charge on any atom is -0.354 e. The van der Waals surface area contributed by atoms with Crippen molar-refractivity contribution in [1.29, 1.82) is 0 Å². The van der Waals surface area contributed by atoms with Crippen LogP contribution in [0.15, 0.2) is 54.6 Å². The Hall–Kier alpha value is -3.26. The van der Waals surface area contributed by atoms with Gasteiger partial charge in [0.2, 0.25) is 5.91 Å². The van der Waals surface area contributed by atoms with Crippen molar-refractivity contribution < 1.29 is 9.59 Å². The molecule has 2 aliphatic rings. The third kappa shape index (κ3) is 3.80. The molecule has 5 nitrogen and oxygen atoms in total. The summed E-state index contributed by atoms with van der Waals surface area (Å²) in [5.41, 5.74) is 2.50. The van der Waals surface area contributed by atoms with Crippen LogP contribution in [0.5, 0.6) is 0 Å². The van der Waals surface area contributed by atoms with Crippen LogP contribution in [0, 0.1) is 17.8 Å². The van der Waals surface area contributed by atoms with Gasteiger partial charge in [-0.1, -0.05) is 36.1 Å². The highest BCUT2D eigenvalue weighted by Crippen LogP contribution is 2.28. The fourth-order valence-corrected chi connectivity index (χ4v) is 3.74. The number of likely N-dealkylation sites (tertiary alicyclic amines) is 1. The zero-order chi connectivity index (χ0) is 18.6. The lowest BCUT2D eigenvalue weighted by Gasteiger charge is -2.35. The predicted octanol–water partition coefficient (Wildman–Crippen LogP) is 2.83. The summed E-state index contributed by atoms with van der Waals surface area (Å²) in [7, 11) is 0. The topological polar surface area (TPSA) is 61.4 Å². The number of anilines is 1. The maximum Gasteiger partial charge on any atom is 0.322 e. The number of carbonyl (C=O) groups excluding carboxylic acids is 2. The van der Waals surface area contributed by atoms with Gasteiger partial charge >= 0.3 is 6.03 Å². The zero-order valence-electron chi connectivity index (χ0n) is 14.9. The van der Waals surface area contributed by atoms with E-state index in [1.807, 2.05) is 54.6 Å². The number of carbonyl (C=O) groups is 2. The molecule has 3 amide bonds. The molecule has 4 rings (SSSR count). The van der Waals surface area contributed by atoms with E-state index in [-0.39, 0.29) is 23.9 Å². The SMILES string of the molecule is O=C1NC[C@@H]2[C@@H]1CCCN2C(=O)Nc1cccc(C#Cc2ccccc2)c1. The Balaban J connectivity index is 1.46. The number of nitrogens with zero attached hydrogens (tertiary/aromatic N) is 1. The third-order valence-corrected chi connectivity index (χ3v) is 5.10. The van der Waals surface area contributed by atoms with Crippen molar-refractivity contribution in [1.82, 2.24) is 10.2 Å². The quantitative estimate of drug-likeness (QED) is 0.769. The Morgan fingerprint density at radius 2 is 1.85 bits per heavy atom. The first-order valence-electron chi connectivity index (χ1n) is 9.23. The molecule has 0 unspecified atom stereocenters. The van der Waals surface area contributed by atoms with Gasteiger partial charge in [0.15, 0.2) is 0 Å². The highest BCUT2D eigenvalue weighted by molar-refractivity contribution is 5.91. The lowest BCUT2D eigenvalue weighted by molar-refractivity contribution is -0.123. The first-order chi connectivity index (χ1) is 13.2. The molecule has 2 N–H and O–H groups in total. The van der Waals surface area contributed by atoms with Gasteiger partial charge in [-0.3, -0.25) is 4.79 Å². The van der Waals surface area contributed by atoms with E-state index in [9.17, 15) is 9.59 Å². The molecule has 27 heavy (non-hydrogen) atoms. The Bertz CT molecular complexity index is 914. The van der Waals surface area contributed by atoms with Crippen LogP contribution in [-0.2, 0) is 4.79 Å². The van der Waals surface area contributed by atoms with Crippen molar-refractivity contribution >= 4 is 17.6 Å². The van der Waals surface area contributed by atoms with Crippen molar-refractivity contribution in [2.75, 3.05) is 18.4 Å². The summed E-state index contributed by atoms with van der Waals surface area (Å²) in [5, 5.41) is 5.83. The smallest absolute Gasteiger partial charge is 0.322 e. The second kappa shape index (κ2) is 7.55. The molecular formula is C22H21N3O2. The summed E-state index contributed by atoms with van der Waals surface area (Å²) < 4.78 is 0. The van der Waals surface area contributed by atoms with Crippen LogP contribution in [0.3, 0.4) is 0 Å². The Labute approximate surface area is 158 Å². The summed E-state index contributed by atoms with van der Waals surface area (Å²) in [6.45, 7) is 1.22. The van der Waals surface area contributed by atoms with Gasteiger partial charge in [-0.15, -0.1) is 0 Å². The summed E-state index contributed by atoms with van der Waals surface area (Å²) in [5.74, 6) is 6.24. The molecule has 0 aromatic heterocycles. The van der Waals surface area contributed by atoms with Gasteiger partial charge in [0.05, 0.1) is 12.0 Å². The molecule has 0 radical (unpaired) electrons. The number of fused-ring (bicyclic) bond motifs is 1. The Morgan fingerprint density at radius 3 is 2.70 bits per heavy atom. The van der Waals surface area contributed by atoms with E-state index in [1.54, 1.807) is 4.90 Å². The molecule has 0 bridgehead atoms. The van der Waals surface area contributed by atoms with Gasteiger partial charge in [0.1, 0.15) is 0 Å². The van der Waals surface area contributed by atoms with Crippen LogP contribution in [0.4, 0.5) is 10.5 Å². The molecule has 2 aliphatic heterocycles. The summed E-state index contributed by atoms with van der Waals surface area (Å²) in [6, 6.07) is 17.1. The average molecular weight is 359 g/mol. The number of benzene rings is 2. The third-order valence-electron chi connectivity index (χ3n) is 5.10. The molecule has 0 aliphatic carbocycles. The van der Waals surface area contributed by atoms with Gasteiger partial charge in [0.25, 0.3) is 0 Å². The molecule has 2 heterocycles. The molecule has 0 spiro atoms. The highest BCUT2D eigenvalue weighted by atomic mass is 16.2. The van der Waals surface area contributed by atoms with Crippen LogP contribution >= 0.6 is 0 Å². The second-order valence-corrected chi connectivity index (χ2v) is 6.88. The number of rotatable bonds is 1. The molecule has 2 fully saturated rings. The molecule has 2 atom stereocenters. The summed E-state index contributed by atoms with van der Waals surface area (Å²) in [4.78, 5) is 26.4. The molecule has 2 aromatic rings. The fraction of sp³-hybridized carbons (Fsp3) is 0.273. The Morgan fingerprint density at radius 1 is 1.07 bits per heavy atom. The van der Waals surface area contributed by atoms with Gasteiger partial charge in [0, 0.05) is 29.9 Å². The number of amides is 3. The monoisotopic (exact) mass is 359 g/mol.